The molecule has 1 N–H and O–H groups in total. The highest BCUT2D eigenvalue weighted by Crippen LogP contribution is 2.32. The average molecular weight is 450 g/mol. The third kappa shape index (κ3) is 7.15. The Labute approximate surface area is 177 Å². The Balaban J connectivity index is 0.000000423. The molecule has 2 heterocycles. The van der Waals surface area contributed by atoms with E-state index in [1.165, 1.54) is 11.0 Å². The number of aliphatic carboxylic acids is 1. The molecule has 0 aromatic heterocycles. The van der Waals surface area contributed by atoms with Crippen molar-refractivity contribution >= 4 is 11.9 Å². The van der Waals surface area contributed by atoms with Crippen LogP contribution in [0, 0.1) is 5.82 Å². The molecular weight excluding hydrogens is 424 g/mol. The van der Waals surface area contributed by atoms with Crippen molar-refractivity contribution in [1.82, 2.24) is 9.80 Å². The molecule has 2 fully saturated rings. The molecule has 0 bridgehead atoms. The molecule has 0 radical (unpaired) electrons. The molecule has 3 rings (SSSR count). The number of fused-ring (bicyclic) bond motifs is 1. The second kappa shape index (κ2) is 10.9. The molecule has 3 atom stereocenters. The smallest absolute Gasteiger partial charge is 0.475 e. The first-order chi connectivity index (χ1) is 14.5. The zero-order chi connectivity index (χ0) is 23.2. The van der Waals surface area contributed by atoms with Gasteiger partial charge in [-0.1, -0.05) is 18.2 Å². The maximum atomic E-state index is 14.0. The van der Waals surface area contributed by atoms with Gasteiger partial charge in [0.05, 0.1) is 6.10 Å². The van der Waals surface area contributed by atoms with E-state index in [0.717, 1.165) is 19.4 Å². The number of hydrogen-bond donors (Lipinski definition) is 1. The van der Waals surface area contributed by atoms with Crippen LogP contribution in [0.4, 0.5) is 17.6 Å². The molecule has 1 aromatic carbocycles. The van der Waals surface area contributed by atoms with Gasteiger partial charge in [-0.15, -0.1) is 0 Å². The number of benzene rings is 1. The van der Waals surface area contributed by atoms with Crippen LogP contribution in [0.2, 0.25) is 0 Å². The Kier molecular flexibility index (Phi) is 8.78. The van der Waals surface area contributed by atoms with Gasteiger partial charge in [-0.3, -0.25) is 9.69 Å². The predicted molar refractivity (Wildman–Crippen MR) is 102 cm³/mol. The molecule has 0 unspecified atom stereocenters. The van der Waals surface area contributed by atoms with Crippen LogP contribution >= 0.6 is 0 Å². The molecule has 2 aliphatic heterocycles. The third-order valence-corrected chi connectivity index (χ3v) is 5.08. The summed E-state index contributed by atoms with van der Waals surface area (Å²) < 4.78 is 57.5. The molecule has 1 aromatic rings. The first kappa shape index (κ1) is 25.0. The number of nitrogens with zero attached hydrogens (tertiary/aromatic N) is 2. The zero-order valence-electron chi connectivity index (χ0n) is 17.3. The van der Waals surface area contributed by atoms with Crippen LogP contribution in [0.1, 0.15) is 18.4 Å². The molecule has 0 spiro atoms. The number of carboxylic acid groups (broad SMARTS) is 1. The first-order valence-corrected chi connectivity index (χ1v) is 9.71. The van der Waals surface area contributed by atoms with Crippen LogP contribution in [0.25, 0.3) is 0 Å². The summed E-state index contributed by atoms with van der Waals surface area (Å²) in [6.45, 7) is 1.97. The quantitative estimate of drug-likeness (QED) is 0.694. The number of carbonyl (C=O) groups excluding carboxylic acids is 1. The van der Waals surface area contributed by atoms with Gasteiger partial charge in [0.15, 0.2) is 0 Å². The number of likely N-dealkylation sites (tertiary alicyclic amines) is 1. The number of alkyl halides is 3. The van der Waals surface area contributed by atoms with Crippen molar-refractivity contribution in [2.75, 3.05) is 33.9 Å². The monoisotopic (exact) mass is 450 g/mol. The molecule has 0 aliphatic carbocycles. The molecule has 1 amide bonds. The Morgan fingerprint density at radius 3 is 2.52 bits per heavy atom. The number of likely N-dealkylation sites (N-methyl/N-ethyl adjacent to an activating group) is 1. The van der Waals surface area contributed by atoms with Gasteiger partial charge in [-0.2, -0.15) is 13.2 Å². The Morgan fingerprint density at radius 1 is 1.29 bits per heavy atom. The van der Waals surface area contributed by atoms with Crippen molar-refractivity contribution in [3.8, 4) is 0 Å². The lowest BCUT2D eigenvalue weighted by Crippen LogP contribution is -2.42. The van der Waals surface area contributed by atoms with E-state index in [1.54, 1.807) is 20.2 Å². The zero-order valence-corrected chi connectivity index (χ0v) is 17.3. The summed E-state index contributed by atoms with van der Waals surface area (Å²) in [6.07, 6.45) is -3.26. The van der Waals surface area contributed by atoms with Crippen LogP contribution in [-0.2, 0) is 25.6 Å². The number of amides is 1. The summed E-state index contributed by atoms with van der Waals surface area (Å²) in [4.78, 5) is 24.4. The highest BCUT2D eigenvalue weighted by Gasteiger charge is 2.45. The molecule has 174 valence electrons. The second-order valence-corrected chi connectivity index (χ2v) is 7.51. The van der Waals surface area contributed by atoms with Crippen LogP contribution in [0.15, 0.2) is 24.3 Å². The van der Waals surface area contributed by atoms with E-state index in [0.29, 0.717) is 18.7 Å². The largest absolute Gasteiger partial charge is 0.490 e. The van der Waals surface area contributed by atoms with E-state index in [2.05, 4.69) is 4.90 Å². The second-order valence-electron chi connectivity index (χ2n) is 7.51. The van der Waals surface area contributed by atoms with Crippen molar-refractivity contribution in [3.63, 3.8) is 0 Å². The topological polar surface area (TPSA) is 79.3 Å². The van der Waals surface area contributed by atoms with Gasteiger partial charge in [0.1, 0.15) is 18.5 Å². The standard InChI is InChI=1S/C18H25FN2O3.C2HF3O2/c1-20(2)17(22)12-24-16-11-21(15-8-5-9-23-18(15)16)10-13-6-3-4-7-14(13)19;3-2(4,5)1(6)7/h3-4,6-7,15-16,18H,5,8-12H2,1-2H3;(H,6,7)/t15-,16+,18+;/m1./s1. The molecule has 7 nitrogen and oxygen atoms in total. The van der Waals surface area contributed by atoms with Crippen molar-refractivity contribution in [2.45, 2.75) is 43.8 Å². The minimum Gasteiger partial charge on any atom is -0.475 e. The summed E-state index contributed by atoms with van der Waals surface area (Å²) in [6, 6.07) is 7.08. The highest BCUT2D eigenvalue weighted by molar-refractivity contribution is 5.76. The first-order valence-electron chi connectivity index (χ1n) is 9.71. The predicted octanol–water partition coefficient (Wildman–Crippen LogP) is 2.30. The van der Waals surface area contributed by atoms with Gasteiger partial charge >= 0.3 is 12.1 Å². The Bertz CT molecular complexity index is 759. The van der Waals surface area contributed by atoms with Gasteiger partial charge in [-0.05, 0) is 18.9 Å². The number of carboxylic acids is 1. The Hall–Kier alpha value is -2.24. The van der Waals surface area contributed by atoms with E-state index in [9.17, 15) is 22.4 Å². The van der Waals surface area contributed by atoms with E-state index < -0.39 is 12.1 Å². The third-order valence-electron chi connectivity index (χ3n) is 5.08. The van der Waals surface area contributed by atoms with E-state index in [4.69, 9.17) is 19.4 Å². The molecule has 0 saturated carbocycles. The van der Waals surface area contributed by atoms with E-state index in [-0.39, 0.29) is 36.6 Å². The number of halogens is 4. The SMILES string of the molecule is CN(C)C(=O)CO[C@H]1CN(Cc2ccccc2F)[C@@H]2CCCO[C@H]12.O=C(O)C(F)(F)F. The summed E-state index contributed by atoms with van der Waals surface area (Å²) in [5, 5.41) is 7.12. The van der Waals surface area contributed by atoms with Gasteiger partial charge in [0.25, 0.3) is 0 Å². The van der Waals surface area contributed by atoms with Crippen LogP contribution in [0.5, 0.6) is 0 Å². The summed E-state index contributed by atoms with van der Waals surface area (Å²) in [5.74, 6) is -3.00. The lowest BCUT2D eigenvalue weighted by molar-refractivity contribution is -0.192. The van der Waals surface area contributed by atoms with Crippen molar-refractivity contribution < 1.29 is 41.7 Å². The fourth-order valence-electron chi connectivity index (χ4n) is 3.49. The van der Waals surface area contributed by atoms with Gasteiger partial charge in [0, 0.05) is 45.4 Å². The fraction of sp³-hybridized carbons (Fsp3) is 0.600. The molecular formula is C20H26F4N2O5. The lowest BCUT2D eigenvalue weighted by atomic mass is 10.0. The van der Waals surface area contributed by atoms with Gasteiger partial charge in [-0.25, -0.2) is 9.18 Å². The molecule has 2 aliphatic rings. The minimum atomic E-state index is -5.08. The lowest BCUT2D eigenvalue weighted by Gasteiger charge is -2.32. The number of rotatable bonds is 5. The minimum absolute atomic E-state index is 0.0412. The Morgan fingerprint density at radius 2 is 1.94 bits per heavy atom. The maximum Gasteiger partial charge on any atom is 0.490 e. The normalized spacial score (nSPS) is 23.5. The number of carbonyl (C=O) groups is 2. The van der Waals surface area contributed by atoms with Crippen LogP contribution in [0.3, 0.4) is 0 Å². The maximum absolute atomic E-state index is 14.0. The summed E-state index contributed by atoms with van der Waals surface area (Å²) >= 11 is 0. The van der Waals surface area contributed by atoms with E-state index >= 15 is 0 Å². The summed E-state index contributed by atoms with van der Waals surface area (Å²) in [5.41, 5.74) is 0.687. The fourth-order valence-corrected chi connectivity index (χ4v) is 3.49. The highest BCUT2D eigenvalue weighted by atomic mass is 19.4. The summed E-state index contributed by atoms with van der Waals surface area (Å²) in [7, 11) is 3.43. The van der Waals surface area contributed by atoms with Crippen LogP contribution in [-0.4, -0.2) is 85.1 Å². The molecule has 11 heteroatoms. The van der Waals surface area contributed by atoms with E-state index in [1.807, 2.05) is 12.1 Å². The van der Waals surface area contributed by atoms with Crippen molar-refractivity contribution in [1.29, 1.82) is 0 Å². The van der Waals surface area contributed by atoms with Crippen molar-refractivity contribution in [2.24, 2.45) is 0 Å². The van der Waals surface area contributed by atoms with Crippen molar-refractivity contribution in [3.05, 3.63) is 35.6 Å². The van der Waals surface area contributed by atoms with Gasteiger partial charge < -0.3 is 19.5 Å². The van der Waals surface area contributed by atoms with Gasteiger partial charge in [0.2, 0.25) is 5.91 Å². The molecule has 31 heavy (non-hydrogen) atoms. The average Bonchev–Trinajstić information content (AvgIpc) is 3.05. The number of hydrogen-bond acceptors (Lipinski definition) is 5. The van der Waals surface area contributed by atoms with Crippen LogP contribution < -0.4 is 0 Å². The molecule has 2 saturated heterocycles. The number of ether oxygens (including phenoxy) is 2.